The molecule has 0 N–H and O–H groups in total. The van der Waals surface area contributed by atoms with E-state index in [4.69, 9.17) is 4.74 Å². The Kier molecular flexibility index (Phi) is 6.79. The quantitative estimate of drug-likeness (QED) is 0.477. The number of carbonyl (C=O) groups excluding carboxylic acids is 4. The van der Waals surface area contributed by atoms with Crippen molar-refractivity contribution in [2.24, 2.45) is 0 Å². The topological polar surface area (TPSA) is 87.2 Å². The fraction of sp³-hybridized carbons (Fsp3) is 0.565. The maximum absolute atomic E-state index is 13.6. The van der Waals surface area contributed by atoms with Crippen LogP contribution in [-0.4, -0.2) is 85.3 Å². The van der Waals surface area contributed by atoms with Crippen LogP contribution >= 0.6 is 0 Å². The third kappa shape index (κ3) is 4.35. The van der Waals surface area contributed by atoms with E-state index < -0.39 is 17.4 Å². The number of hydrogen-bond donors (Lipinski definition) is 0. The van der Waals surface area contributed by atoms with Crippen molar-refractivity contribution in [1.29, 1.82) is 0 Å². The van der Waals surface area contributed by atoms with Crippen LogP contribution in [0.4, 0.5) is 0 Å². The maximum atomic E-state index is 13.6. The first kappa shape index (κ1) is 22.9. The number of likely N-dealkylation sites (tertiary alicyclic amines) is 2. The molecule has 0 bridgehead atoms. The van der Waals surface area contributed by atoms with Crippen molar-refractivity contribution in [2.45, 2.75) is 44.1 Å². The number of amides is 3. The van der Waals surface area contributed by atoms with Gasteiger partial charge in [-0.3, -0.25) is 19.3 Å². The molecular formula is C23H31N3O5. The molecule has 8 heteroatoms. The molecule has 8 nitrogen and oxygen atoms in total. The first-order valence-electron chi connectivity index (χ1n) is 10.6. The molecule has 2 aliphatic rings. The number of ether oxygens (including phenoxy) is 1. The molecule has 0 saturated carbocycles. The second kappa shape index (κ2) is 9.18. The van der Waals surface area contributed by atoms with E-state index in [9.17, 15) is 19.2 Å². The summed E-state index contributed by atoms with van der Waals surface area (Å²) < 4.78 is 4.86. The van der Waals surface area contributed by atoms with Crippen LogP contribution in [0.5, 0.6) is 0 Å². The molecule has 2 atom stereocenters. The Morgan fingerprint density at radius 1 is 1.23 bits per heavy atom. The Morgan fingerprint density at radius 2 is 1.94 bits per heavy atom. The van der Waals surface area contributed by atoms with Crippen LogP contribution in [0.25, 0.3) is 0 Å². The molecule has 1 aromatic rings. The Morgan fingerprint density at radius 3 is 2.58 bits per heavy atom. The predicted octanol–water partition coefficient (Wildman–Crippen LogP) is 1.11. The van der Waals surface area contributed by atoms with Gasteiger partial charge >= 0.3 is 5.97 Å². The molecule has 0 aliphatic carbocycles. The van der Waals surface area contributed by atoms with Gasteiger partial charge in [0.05, 0.1) is 12.5 Å². The number of nitrogens with zero attached hydrogens (tertiary/aromatic N) is 3. The van der Waals surface area contributed by atoms with Gasteiger partial charge in [-0.15, -0.1) is 0 Å². The zero-order chi connectivity index (χ0) is 22.8. The molecule has 2 fully saturated rings. The van der Waals surface area contributed by atoms with Crippen molar-refractivity contribution in [3.05, 3.63) is 35.4 Å². The highest BCUT2D eigenvalue weighted by Gasteiger charge is 2.55. The lowest BCUT2D eigenvalue weighted by Crippen LogP contribution is -2.47. The summed E-state index contributed by atoms with van der Waals surface area (Å²) in [6.07, 6.45) is 1.04. The Bertz CT molecular complexity index is 884. The monoisotopic (exact) mass is 429 g/mol. The molecule has 168 valence electrons. The van der Waals surface area contributed by atoms with E-state index in [2.05, 4.69) is 0 Å². The molecule has 1 aromatic carbocycles. The van der Waals surface area contributed by atoms with Crippen molar-refractivity contribution in [3.8, 4) is 0 Å². The van der Waals surface area contributed by atoms with Crippen LogP contribution in [-0.2, 0) is 29.3 Å². The number of aryl methyl sites for hydroxylation is 1. The van der Waals surface area contributed by atoms with Gasteiger partial charge < -0.3 is 14.5 Å². The molecule has 0 spiro atoms. The fourth-order valence-corrected chi connectivity index (χ4v) is 4.69. The second-order valence-electron chi connectivity index (χ2n) is 8.67. The minimum absolute atomic E-state index is 0.0490. The standard InChI is InChI=1S/C23H31N3O5/c1-16-8-5-6-9-17(16)23(15-20(28)26(22(23)30)13-12-24(2)3)14-19(27)25-11-7-10-18(25)21(29)31-4/h5-6,8-9,18H,7,10-15H2,1-4H3/t18-,23?/m0/s1. The number of rotatable bonds is 7. The average molecular weight is 430 g/mol. The molecule has 1 unspecified atom stereocenters. The van der Waals surface area contributed by atoms with Crippen LogP contribution < -0.4 is 0 Å². The molecule has 0 aromatic heterocycles. The van der Waals surface area contributed by atoms with Gasteiger partial charge in [0.25, 0.3) is 0 Å². The van der Waals surface area contributed by atoms with Crippen molar-refractivity contribution in [2.75, 3.05) is 40.8 Å². The van der Waals surface area contributed by atoms with E-state index in [0.29, 0.717) is 31.5 Å². The summed E-state index contributed by atoms with van der Waals surface area (Å²) in [5.41, 5.74) is 0.300. The van der Waals surface area contributed by atoms with Crippen LogP contribution in [0.15, 0.2) is 24.3 Å². The third-order valence-electron chi connectivity index (χ3n) is 6.34. The zero-order valence-corrected chi connectivity index (χ0v) is 18.7. The predicted molar refractivity (Wildman–Crippen MR) is 114 cm³/mol. The van der Waals surface area contributed by atoms with Crippen LogP contribution in [0.2, 0.25) is 0 Å². The number of carbonyl (C=O) groups is 4. The zero-order valence-electron chi connectivity index (χ0n) is 18.7. The SMILES string of the molecule is COC(=O)[C@@H]1CCCN1C(=O)CC1(c2ccccc2C)CC(=O)N(CCN(C)C)C1=O. The molecule has 3 amide bonds. The summed E-state index contributed by atoms with van der Waals surface area (Å²) in [4.78, 5) is 56.8. The molecule has 31 heavy (non-hydrogen) atoms. The minimum Gasteiger partial charge on any atom is -0.467 e. The normalized spacial score (nSPS) is 23.7. The fourth-order valence-electron chi connectivity index (χ4n) is 4.69. The first-order valence-corrected chi connectivity index (χ1v) is 10.6. The van der Waals surface area contributed by atoms with Crippen molar-refractivity contribution in [3.63, 3.8) is 0 Å². The summed E-state index contributed by atoms with van der Waals surface area (Å²) in [6.45, 7) is 3.15. The van der Waals surface area contributed by atoms with Crippen LogP contribution in [0, 0.1) is 6.92 Å². The lowest BCUT2D eigenvalue weighted by Gasteiger charge is -2.31. The van der Waals surface area contributed by atoms with E-state index in [1.807, 2.05) is 50.2 Å². The number of esters is 1. The van der Waals surface area contributed by atoms with Gasteiger partial charge in [-0.2, -0.15) is 0 Å². The highest BCUT2D eigenvalue weighted by Crippen LogP contribution is 2.42. The van der Waals surface area contributed by atoms with Crippen molar-refractivity contribution >= 4 is 23.7 Å². The van der Waals surface area contributed by atoms with Gasteiger partial charge in [-0.05, 0) is 45.0 Å². The average Bonchev–Trinajstić information content (AvgIpc) is 3.30. The molecule has 2 saturated heterocycles. The Balaban J connectivity index is 1.96. The van der Waals surface area contributed by atoms with Gasteiger partial charge in [0, 0.05) is 32.5 Å². The number of hydrogen-bond acceptors (Lipinski definition) is 6. The minimum atomic E-state index is -1.25. The number of likely N-dealkylation sites (N-methyl/N-ethyl adjacent to an activating group) is 1. The summed E-state index contributed by atoms with van der Waals surface area (Å²) in [5.74, 6) is -1.35. The third-order valence-corrected chi connectivity index (χ3v) is 6.34. The summed E-state index contributed by atoms with van der Waals surface area (Å²) >= 11 is 0. The number of methoxy groups -OCH3 is 1. The van der Waals surface area contributed by atoms with E-state index in [0.717, 1.165) is 5.56 Å². The molecule has 2 heterocycles. The molecule has 2 aliphatic heterocycles. The summed E-state index contributed by atoms with van der Waals surface area (Å²) in [7, 11) is 5.06. The summed E-state index contributed by atoms with van der Waals surface area (Å²) in [6, 6.07) is 6.76. The Labute approximate surface area is 183 Å². The molecule has 0 radical (unpaired) electrons. The van der Waals surface area contributed by atoms with Crippen molar-refractivity contribution < 1.29 is 23.9 Å². The lowest BCUT2D eigenvalue weighted by atomic mass is 9.74. The van der Waals surface area contributed by atoms with Crippen LogP contribution in [0.1, 0.15) is 36.8 Å². The van der Waals surface area contributed by atoms with E-state index in [1.165, 1.54) is 16.9 Å². The van der Waals surface area contributed by atoms with E-state index in [1.54, 1.807) is 0 Å². The highest BCUT2D eigenvalue weighted by molar-refractivity contribution is 6.11. The van der Waals surface area contributed by atoms with Gasteiger partial charge in [0.15, 0.2) is 0 Å². The second-order valence-corrected chi connectivity index (χ2v) is 8.67. The van der Waals surface area contributed by atoms with Gasteiger partial charge in [0.2, 0.25) is 17.7 Å². The highest BCUT2D eigenvalue weighted by atomic mass is 16.5. The number of benzene rings is 1. The van der Waals surface area contributed by atoms with Gasteiger partial charge in [-0.25, -0.2) is 4.79 Å². The smallest absolute Gasteiger partial charge is 0.328 e. The largest absolute Gasteiger partial charge is 0.467 e. The Hall–Kier alpha value is -2.74. The van der Waals surface area contributed by atoms with Crippen molar-refractivity contribution in [1.82, 2.24) is 14.7 Å². The van der Waals surface area contributed by atoms with E-state index in [-0.39, 0.29) is 37.1 Å². The summed E-state index contributed by atoms with van der Waals surface area (Å²) in [5, 5.41) is 0. The van der Waals surface area contributed by atoms with Gasteiger partial charge in [0.1, 0.15) is 6.04 Å². The maximum Gasteiger partial charge on any atom is 0.328 e. The van der Waals surface area contributed by atoms with Crippen LogP contribution in [0.3, 0.4) is 0 Å². The lowest BCUT2D eigenvalue weighted by molar-refractivity contribution is -0.151. The number of imide groups is 1. The first-order chi connectivity index (χ1) is 14.7. The van der Waals surface area contributed by atoms with E-state index >= 15 is 0 Å². The molecular weight excluding hydrogens is 398 g/mol. The van der Waals surface area contributed by atoms with Gasteiger partial charge in [-0.1, -0.05) is 24.3 Å². The molecule has 3 rings (SSSR count).